The van der Waals surface area contributed by atoms with E-state index in [1.807, 2.05) is 24.3 Å². The lowest BCUT2D eigenvalue weighted by molar-refractivity contribution is -0.144. The van der Waals surface area contributed by atoms with E-state index in [0.29, 0.717) is 23.4 Å². The number of hydrogen-bond donors (Lipinski definition) is 0. The number of benzene rings is 1. The molecule has 0 aliphatic carbocycles. The number of anilines is 1. The molecule has 1 saturated heterocycles. The predicted octanol–water partition coefficient (Wildman–Crippen LogP) is 3.56. The number of carbonyl (C=O) groups excluding carboxylic acids is 1. The van der Waals surface area contributed by atoms with E-state index in [2.05, 4.69) is 14.9 Å². The highest BCUT2D eigenvalue weighted by Gasteiger charge is 2.29. The normalized spacial score (nSPS) is 16.5. The molecule has 0 N–H and O–H groups in total. The fourth-order valence-electron chi connectivity index (χ4n) is 3.30. The van der Waals surface area contributed by atoms with Crippen LogP contribution in [-0.4, -0.2) is 36.1 Å². The minimum Gasteiger partial charge on any atom is -0.469 e. The number of rotatable bonds is 4. The number of nitrogens with zero attached hydrogens (tertiary/aromatic N) is 3. The molecule has 6 nitrogen and oxygen atoms in total. The van der Waals surface area contributed by atoms with Crippen molar-refractivity contribution in [1.82, 2.24) is 9.97 Å². The number of fused-ring (bicyclic) bond motifs is 1. The molecule has 4 rings (SSSR count). The fraction of sp³-hybridized carbons (Fsp3) is 0.250. The highest BCUT2D eigenvalue weighted by Crippen LogP contribution is 2.31. The van der Waals surface area contributed by atoms with E-state index in [0.717, 1.165) is 24.8 Å². The van der Waals surface area contributed by atoms with E-state index >= 15 is 0 Å². The van der Waals surface area contributed by atoms with Crippen LogP contribution in [-0.2, 0) is 9.53 Å². The molecule has 1 aliphatic rings. The molecule has 1 atom stereocenters. The number of pyridine rings is 2. The van der Waals surface area contributed by atoms with Crippen molar-refractivity contribution < 1.29 is 18.7 Å². The molecule has 0 unspecified atom stereocenters. The molecule has 3 heterocycles. The Labute approximate surface area is 155 Å². The van der Waals surface area contributed by atoms with Crippen LogP contribution in [0.2, 0.25) is 0 Å². The van der Waals surface area contributed by atoms with Gasteiger partial charge in [-0.1, -0.05) is 0 Å². The van der Waals surface area contributed by atoms with Gasteiger partial charge in [-0.05, 0) is 36.8 Å². The Bertz CT molecular complexity index is 978. The summed E-state index contributed by atoms with van der Waals surface area (Å²) in [5.74, 6) is 0.382. The molecule has 2 aromatic heterocycles. The van der Waals surface area contributed by atoms with Crippen LogP contribution in [0, 0.1) is 11.7 Å². The van der Waals surface area contributed by atoms with Crippen LogP contribution >= 0.6 is 0 Å². The standard InChI is InChI=1S/C20H18FN3O3/c1-26-20(25)13-7-9-24(12-13)14-2-4-15(5-3-14)27-18-6-8-23-19-16(18)10-22-11-17(19)21/h2-6,8,10-11,13H,7,9,12H2,1H3/t13-/m0/s1. The minimum atomic E-state index is -0.484. The topological polar surface area (TPSA) is 64.5 Å². The summed E-state index contributed by atoms with van der Waals surface area (Å²) in [7, 11) is 1.42. The van der Waals surface area contributed by atoms with Gasteiger partial charge in [0, 0.05) is 31.2 Å². The van der Waals surface area contributed by atoms with Crippen LogP contribution in [0.5, 0.6) is 11.5 Å². The number of esters is 1. The second kappa shape index (κ2) is 7.19. The fourth-order valence-corrected chi connectivity index (χ4v) is 3.30. The Morgan fingerprint density at radius 3 is 2.81 bits per heavy atom. The average molecular weight is 367 g/mol. The van der Waals surface area contributed by atoms with E-state index in [-0.39, 0.29) is 17.4 Å². The molecule has 0 spiro atoms. The minimum absolute atomic E-state index is 0.0866. The number of ether oxygens (including phenoxy) is 2. The van der Waals surface area contributed by atoms with Gasteiger partial charge in [-0.3, -0.25) is 14.8 Å². The third-order valence-corrected chi connectivity index (χ3v) is 4.72. The quantitative estimate of drug-likeness (QED) is 0.657. The third-order valence-electron chi connectivity index (χ3n) is 4.72. The van der Waals surface area contributed by atoms with Gasteiger partial charge in [-0.25, -0.2) is 4.39 Å². The van der Waals surface area contributed by atoms with Gasteiger partial charge in [-0.15, -0.1) is 0 Å². The molecule has 1 aromatic carbocycles. The summed E-state index contributed by atoms with van der Waals surface area (Å²) in [6.07, 6.45) is 4.95. The molecular formula is C20H18FN3O3. The van der Waals surface area contributed by atoms with E-state index in [9.17, 15) is 9.18 Å². The zero-order valence-electron chi connectivity index (χ0n) is 14.8. The van der Waals surface area contributed by atoms with Crippen LogP contribution in [0.3, 0.4) is 0 Å². The van der Waals surface area contributed by atoms with Gasteiger partial charge in [0.2, 0.25) is 0 Å². The first-order valence-electron chi connectivity index (χ1n) is 8.64. The molecule has 138 valence electrons. The zero-order valence-corrected chi connectivity index (χ0v) is 14.8. The van der Waals surface area contributed by atoms with Crippen molar-refractivity contribution in [3.63, 3.8) is 0 Å². The highest BCUT2D eigenvalue weighted by molar-refractivity contribution is 5.84. The summed E-state index contributed by atoms with van der Waals surface area (Å²) in [5.41, 5.74) is 1.24. The Morgan fingerprint density at radius 2 is 2.04 bits per heavy atom. The van der Waals surface area contributed by atoms with E-state index < -0.39 is 5.82 Å². The Balaban J connectivity index is 1.51. The molecule has 0 bridgehead atoms. The first-order chi connectivity index (χ1) is 13.2. The van der Waals surface area contributed by atoms with Crippen molar-refractivity contribution in [1.29, 1.82) is 0 Å². The Hall–Kier alpha value is -3.22. The summed E-state index contributed by atoms with van der Waals surface area (Å²) in [4.78, 5) is 21.7. The maximum atomic E-state index is 13.8. The van der Waals surface area contributed by atoms with Gasteiger partial charge in [-0.2, -0.15) is 0 Å². The van der Waals surface area contributed by atoms with Crippen LogP contribution in [0.15, 0.2) is 48.9 Å². The number of carbonyl (C=O) groups is 1. The molecule has 1 fully saturated rings. The third kappa shape index (κ3) is 3.40. The second-order valence-electron chi connectivity index (χ2n) is 6.38. The summed E-state index contributed by atoms with van der Waals surface area (Å²) in [6.45, 7) is 1.45. The summed E-state index contributed by atoms with van der Waals surface area (Å²) >= 11 is 0. The van der Waals surface area contributed by atoms with Gasteiger partial charge in [0.15, 0.2) is 5.82 Å². The van der Waals surface area contributed by atoms with Crippen molar-refractivity contribution in [2.75, 3.05) is 25.1 Å². The van der Waals surface area contributed by atoms with Crippen molar-refractivity contribution >= 4 is 22.6 Å². The SMILES string of the molecule is COC(=O)[C@H]1CCN(c2ccc(Oc3ccnc4c(F)cncc34)cc2)C1. The summed E-state index contributed by atoms with van der Waals surface area (Å²) in [6, 6.07) is 9.26. The smallest absolute Gasteiger partial charge is 0.310 e. The zero-order chi connectivity index (χ0) is 18.8. The number of aromatic nitrogens is 2. The van der Waals surface area contributed by atoms with Crippen molar-refractivity contribution in [2.24, 2.45) is 5.92 Å². The first kappa shape index (κ1) is 17.2. The van der Waals surface area contributed by atoms with Crippen LogP contribution in [0.25, 0.3) is 10.9 Å². The van der Waals surface area contributed by atoms with E-state index in [1.165, 1.54) is 19.5 Å². The van der Waals surface area contributed by atoms with E-state index in [1.54, 1.807) is 6.07 Å². The molecule has 0 radical (unpaired) electrons. The Morgan fingerprint density at radius 1 is 1.22 bits per heavy atom. The Kier molecular flexibility index (Phi) is 4.58. The monoisotopic (exact) mass is 367 g/mol. The number of hydrogen-bond acceptors (Lipinski definition) is 6. The number of halogens is 1. The lowest BCUT2D eigenvalue weighted by atomic mass is 10.1. The molecule has 27 heavy (non-hydrogen) atoms. The number of methoxy groups -OCH3 is 1. The van der Waals surface area contributed by atoms with Crippen molar-refractivity contribution in [2.45, 2.75) is 6.42 Å². The lowest BCUT2D eigenvalue weighted by Crippen LogP contribution is -2.23. The summed E-state index contributed by atoms with van der Waals surface area (Å²) in [5, 5.41) is 0.516. The average Bonchev–Trinajstić information content (AvgIpc) is 3.19. The van der Waals surface area contributed by atoms with Gasteiger partial charge >= 0.3 is 5.97 Å². The first-order valence-corrected chi connectivity index (χ1v) is 8.64. The molecule has 7 heteroatoms. The predicted molar refractivity (Wildman–Crippen MR) is 98.3 cm³/mol. The maximum absolute atomic E-state index is 13.8. The van der Waals surface area contributed by atoms with Gasteiger partial charge < -0.3 is 14.4 Å². The largest absolute Gasteiger partial charge is 0.469 e. The molecule has 0 saturated carbocycles. The van der Waals surface area contributed by atoms with Crippen LogP contribution < -0.4 is 9.64 Å². The second-order valence-corrected chi connectivity index (χ2v) is 6.38. The van der Waals surface area contributed by atoms with Gasteiger partial charge in [0.1, 0.15) is 17.0 Å². The van der Waals surface area contributed by atoms with Crippen molar-refractivity contribution in [3.8, 4) is 11.5 Å². The van der Waals surface area contributed by atoms with Gasteiger partial charge in [0.25, 0.3) is 0 Å². The molecular weight excluding hydrogens is 349 g/mol. The van der Waals surface area contributed by atoms with Crippen LogP contribution in [0.4, 0.5) is 10.1 Å². The van der Waals surface area contributed by atoms with Gasteiger partial charge in [0.05, 0.1) is 24.6 Å². The summed E-state index contributed by atoms with van der Waals surface area (Å²) < 4.78 is 24.6. The molecule has 1 aliphatic heterocycles. The van der Waals surface area contributed by atoms with Crippen molar-refractivity contribution in [3.05, 3.63) is 54.7 Å². The highest BCUT2D eigenvalue weighted by atomic mass is 19.1. The van der Waals surface area contributed by atoms with E-state index in [4.69, 9.17) is 9.47 Å². The van der Waals surface area contributed by atoms with Crippen LogP contribution in [0.1, 0.15) is 6.42 Å². The molecule has 0 amide bonds. The molecule has 3 aromatic rings. The lowest BCUT2D eigenvalue weighted by Gasteiger charge is -2.18. The maximum Gasteiger partial charge on any atom is 0.310 e.